The lowest BCUT2D eigenvalue weighted by Gasteiger charge is -2.43. The van der Waals surface area contributed by atoms with Crippen molar-refractivity contribution in [1.29, 1.82) is 0 Å². The van der Waals surface area contributed by atoms with Gasteiger partial charge < -0.3 is 19.7 Å². The van der Waals surface area contributed by atoms with E-state index in [4.69, 9.17) is 21.1 Å². The highest BCUT2D eigenvalue weighted by Gasteiger charge is 2.30. The molecule has 1 N–H and O–H groups in total. The van der Waals surface area contributed by atoms with E-state index in [1.54, 1.807) is 14.2 Å². The van der Waals surface area contributed by atoms with E-state index >= 15 is 0 Å². The molecule has 0 bridgehead atoms. The number of benzene rings is 1. The fourth-order valence-corrected chi connectivity index (χ4v) is 3.10. The van der Waals surface area contributed by atoms with Crippen LogP contribution in [0.4, 0.5) is 5.69 Å². The molecular weight excluding hydrogens is 288 g/mol. The maximum atomic E-state index is 6.32. The molecule has 0 amide bonds. The molecule has 5 heteroatoms. The predicted octanol–water partition coefficient (Wildman–Crippen LogP) is 3.18. The van der Waals surface area contributed by atoms with Gasteiger partial charge in [-0.3, -0.25) is 0 Å². The topological polar surface area (TPSA) is 33.7 Å². The van der Waals surface area contributed by atoms with E-state index in [-0.39, 0.29) is 0 Å². The first-order chi connectivity index (χ1) is 9.97. The number of rotatable bonds is 4. The van der Waals surface area contributed by atoms with Crippen LogP contribution < -0.4 is 19.7 Å². The minimum atomic E-state index is 0.416. The van der Waals surface area contributed by atoms with Crippen LogP contribution in [0.1, 0.15) is 20.8 Å². The predicted molar refractivity (Wildman–Crippen MR) is 88.0 cm³/mol. The van der Waals surface area contributed by atoms with Gasteiger partial charge in [0, 0.05) is 31.2 Å². The molecule has 1 aliphatic heterocycles. The zero-order chi connectivity index (χ0) is 15.6. The van der Waals surface area contributed by atoms with Gasteiger partial charge in [0.05, 0.1) is 24.9 Å². The third-order valence-electron chi connectivity index (χ3n) is 4.08. The fraction of sp³-hybridized carbons (Fsp3) is 0.625. The lowest BCUT2D eigenvalue weighted by atomic mass is 9.97. The summed E-state index contributed by atoms with van der Waals surface area (Å²) >= 11 is 6.32. The number of nitrogens with one attached hydrogen (secondary N) is 1. The molecule has 0 aliphatic carbocycles. The highest BCUT2D eigenvalue weighted by molar-refractivity contribution is 6.32. The van der Waals surface area contributed by atoms with Gasteiger partial charge >= 0.3 is 0 Å². The van der Waals surface area contributed by atoms with Gasteiger partial charge in [0.1, 0.15) is 11.5 Å². The zero-order valence-electron chi connectivity index (χ0n) is 13.4. The fourth-order valence-electron chi connectivity index (χ4n) is 2.87. The monoisotopic (exact) mass is 312 g/mol. The summed E-state index contributed by atoms with van der Waals surface area (Å²) in [5.74, 6) is 1.98. The first-order valence-electron chi connectivity index (χ1n) is 7.39. The lowest BCUT2D eigenvalue weighted by molar-refractivity contribution is 0.342. The van der Waals surface area contributed by atoms with Gasteiger partial charge in [-0.25, -0.2) is 0 Å². The van der Waals surface area contributed by atoms with Crippen molar-refractivity contribution in [3.8, 4) is 11.5 Å². The van der Waals surface area contributed by atoms with Gasteiger partial charge in [0.2, 0.25) is 0 Å². The largest absolute Gasteiger partial charge is 0.495 e. The van der Waals surface area contributed by atoms with E-state index in [2.05, 4.69) is 31.0 Å². The van der Waals surface area contributed by atoms with Crippen LogP contribution in [0.15, 0.2) is 12.1 Å². The number of nitrogens with zero attached hydrogens (tertiary/aromatic N) is 1. The Hall–Kier alpha value is -1.13. The molecule has 0 spiro atoms. The van der Waals surface area contributed by atoms with E-state index in [9.17, 15) is 0 Å². The number of ether oxygens (including phenoxy) is 2. The number of anilines is 1. The molecule has 0 radical (unpaired) electrons. The van der Waals surface area contributed by atoms with Crippen molar-refractivity contribution in [3.05, 3.63) is 17.2 Å². The maximum absolute atomic E-state index is 6.32. The van der Waals surface area contributed by atoms with Gasteiger partial charge in [0.25, 0.3) is 0 Å². The molecule has 1 aromatic rings. The molecule has 2 atom stereocenters. The number of hydrogen-bond acceptors (Lipinski definition) is 4. The van der Waals surface area contributed by atoms with E-state index in [1.165, 1.54) is 0 Å². The van der Waals surface area contributed by atoms with Crippen LogP contribution in [0.3, 0.4) is 0 Å². The summed E-state index contributed by atoms with van der Waals surface area (Å²) in [7, 11) is 3.30. The maximum Gasteiger partial charge on any atom is 0.145 e. The molecule has 2 rings (SSSR count). The molecule has 118 valence electrons. The zero-order valence-corrected chi connectivity index (χ0v) is 14.2. The highest BCUT2D eigenvalue weighted by Crippen LogP contribution is 2.40. The second-order valence-corrected chi connectivity index (χ2v) is 6.34. The molecule has 1 fully saturated rings. The number of piperazine rings is 1. The number of methoxy groups -OCH3 is 2. The molecule has 1 aliphatic rings. The van der Waals surface area contributed by atoms with Crippen LogP contribution in [0.25, 0.3) is 0 Å². The average molecular weight is 313 g/mol. The van der Waals surface area contributed by atoms with Crippen LogP contribution in [-0.4, -0.2) is 39.4 Å². The molecule has 2 unspecified atom stereocenters. The van der Waals surface area contributed by atoms with Crippen LogP contribution in [0, 0.1) is 5.92 Å². The summed E-state index contributed by atoms with van der Waals surface area (Å²) in [4.78, 5) is 2.40. The lowest BCUT2D eigenvalue weighted by Crippen LogP contribution is -2.57. The number of halogens is 1. The van der Waals surface area contributed by atoms with Gasteiger partial charge in [-0.2, -0.15) is 0 Å². The third-order valence-corrected chi connectivity index (χ3v) is 4.37. The summed E-state index contributed by atoms with van der Waals surface area (Å²) in [5.41, 5.74) is 1.04. The Morgan fingerprint density at radius 2 is 1.90 bits per heavy atom. The van der Waals surface area contributed by atoms with Gasteiger partial charge in [-0.15, -0.1) is 0 Å². The Kier molecular flexibility index (Phi) is 5.22. The first-order valence-corrected chi connectivity index (χ1v) is 7.77. The Morgan fingerprint density at radius 3 is 2.48 bits per heavy atom. The van der Waals surface area contributed by atoms with Crippen molar-refractivity contribution in [2.24, 2.45) is 5.92 Å². The second-order valence-electron chi connectivity index (χ2n) is 5.93. The molecule has 0 saturated carbocycles. The molecule has 1 saturated heterocycles. The Morgan fingerprint density at radius 1 is 1.24 bits per heavy atom. The van der Waals surface area contributed by atoms with Crippen LogP contribution in [-0.2, 0) is 0 Å². The molecular formula is C16H25ClN2O2. The first kappa shape index (κ1) is 16.2. The van der Waals surface area contributed by atoms with E-state index in [0.717, 1.165) is 24.5 Å². The highest BCUT2D eigenvalue weighted by atomic mass is 35.5. The van der Waals surface area contributed by atoms with Gasteiger partial charge in [0.15, 0.2) is 0 Å². The van der Waals surface area contributed by atoms with Crippen LogP contribution in [0.2, 0.25) is 5.02 Å². The SMILES string of the molecule is COc1cc(OC)c(N2CC(C)NCC2C(C)C)cc1Cl. The van der Waals surface area contributed by atoms with E-state index < -0.39 is 0 Å². The number of hydrogen-bond donors (Lipinski definition) is 1. The molecule has 1 aromatic carbocycles. The summed E-state index contributed by atoms with van der Waals surface area (Å²) in [6, 6.07) is 4.67. The summed E-state index contributed by atoms with van der Waals surface area (Å²) < 4.78 is 10.8. The second kappa shape index (κ2) is 6.75. The van der Waals surface area contributed by atoms with Crippen molar-refractivity contribution >= 4 is 17.3 Å². The molecule has 21 heavy (non-hydrogen) atoms. The van der Waals surface area contributed by atoms with Crippen molar-refractivity contribution in [3.63, 3.8) is 0 Å². The van der Waals surface area contributed by atoms with Crippen LogP contribution >= 0.6 is 11.6 Å². The van der Waals surface area contributed by atoms with Crippen molar-refractivity contribution in [1.82, 2.24) is 5.32 Å². The Bertz CT molecular complexity index is 493. The molecule has 0 aromatic heterocycles. The minimum Gasteiger partial charge on any atom is -0.495 e. The minimum absolute atomic E-state index is 0.416. The third kappa shape index (κ3) is 3.38. The van der Waals surface area contributed by atoms with Crippen molar-refractivity contribution in [2.45, 2.75) is 32.9 Å². The molecule has 4 nitrogen and oxygen atoms in total. The van der Waals surface area contributed by atoms with E-state index in [1.807, 2.05) is 12.1 Å². The average Bonchev–Trinajstić information content (AvgIpc) is 2.46. The summed E-state index contributed by atoms with van der Waals surface area (Å²) in [5, 5.41) is 4.16. The summed E-state index contributed by atoms with van der Waals surface area (Å²) in [6.07, 6.45) is 0. The molecule has 1 heterocycles. The quantitative estimate of drug-likeness (QED) is 0.926. The standard InChI is InChI=1S/C16H25ClN2O2/c1-10(2)14-8-18-11(3)9-19(14)13-6-12(17)15(20-4)7-16(13)21-5/h6-7,10-11,14,18H,8-9H2,1-5H3. The normalized spacial score (nSPS) is 22.5. The van der Waals surface area contributed by atoms with E-state index in [0.29, 0.717) is 28.8 Å². The van der Waals surface area contributed by atoms with Crippen molar-refractivity contribution in [2.75, 3.05) is 32.2 Å². The Labute approximate surface area is 132 Å². The van der Waals surface area contributed by atoms with Crippen LogP contribution in [0.5, 0.6) is 11.5 Å². The van der Waals surface area contributed by atoms with Gasteiger partial charge in [-0.1, -0.05) is 25.4 Å². The Balaban J connectivity index is 2.43. The van der Waals surface area contributed by atoms with Gasteiger partial charge in [-0.05, 0) is 18.9 Å². The van der Waals surface area contributed by atoms with Crippen molar-refractivity contribution < 1.29 is 9.47 Å². The smallest absolute Gasteiger partial charge is 0.145 e. The summed E-state index contributed by atoms with van der Waals surface area (Å²) in [6.45, 7) is 8.58.